The van der Waals surface area contributed by atoms with Gasteiger partial charge in [0.1, 0.15) is 0 Å². The Hall–Kier alpha value is -1.88. The number of ether oxygens (including phenoxy) is 1. The molecule has 1 heterocycles. The van der Waals surface area contributed by atoms with Crippen molar-refractivity contribution >= 4 is 11.8 Å². The summed E-state index contributed by atoms with van der Waals surface area (Å²) < 4.78 is 4.97. The van der Waals surface area contributed by atoms with Crippen LogP contribution in [0.2, 0.25) is 0 Å². The van der Waals surface area contributed by atoms with Crippen LogP contribution in [0.1, 0.15) is 37.3 Å². The number of piperidine rings is 1. The Morgan fingerprint density at radius 3 is 2.50 bits per heavy atom. The molecule has 2 amide bonds. The van der Waals surface area contributed by atoms with Crippen molar-refractivity contribution in [2.75, 3.05) is 26.8 Å². The molecule has 2 atom stereocenters. The molecule has 1 aliphatic carbocycles. The summed E-state index contributed by atoms with van der Waals surface area (Å²) in [4.78, 5) is 27.1. The van der Waals surface area contributed by atoms with E-state index in [0.717, 1.165) is 25.7 Å². The second kappa shape index (κ2) is 7.79. The topological polar surface area (TPSA) is 58.6 Å². The number of likely N-dealkylation sites (tertiary alicyclic amines) is 1. The van der Waals surface area contributed by atoms with Gasteiger partial charge in [-0.3, -0.25) is 9.59 Å². The van der Waals surface area contributed by atoms with Crippen molar-refractivity contribution in [2.24, 2.45) is 11.8 Å². The van der Waals surface area contributed by atoms with Gasteiger partial charge in [0.15, 0.2) is 0 Å². The van der Waals surface area contributed by atoms with E-state index in [1.165, 1.54) is 5.56 Å². The van der Waals surface area contributed by atoms with Crippen LogP contribution in [0.25, 0.3) is 0 Å². The number of rotatable bonds is 6. The maximum absolute atomic E-state index is 12.7. The molecule has 3 rings (SSSR count). The van der Waals surface area contributed by atoms with Gasteiger partial charge in [0.05, 0.1) is 18.6 Å². The predicted molar refractivity (Wildman–Crippen MR) is 91.2 cm³/mol. The molecule has 0 radical (unpaired) electrons. The lowest BCUT2D eigenvalue weighted by Gasteiger charge is -2.39. The summed E-state index contributed by atoms with van der Waals surface area (Å²) in [5.74, 6) is 0.307. The quantitative estimate of drug-likeness (QED) is 0.813. The lowest BCUT2D eigenvalue weighted by atomic mass is 9.88. The minimum atomic E-state index is -0.121. The van der Waals surface area contributed by atoms with Gasteiger partial charge >= 0.3 is 0 Å². The van der Waals surface area contributed by atoms with Crippen molar-refractivity contribution in [1.29, 1.82) is 0 Å². The third kappa shape index (κ3) is 3.96. The standard InChI is InChI=1S/C19H26N2O3/c1-24-12-11-20-18(22)16-9-10-17(14-5-3-2-4-6-14)21(13-16)19(23)15-7-8-15/h2-6,15-17H,7-13H2,1H3,(H,20,22)/t16-,17-/m1/s1. The number of nitrogens with one attached hydrogen (secondary N) is 1. The molecular weight excluding hydrogens is 304 g/mol. The molecule has 5 nitrogen and oxygen atoms in total. The summed E-state index contributed by atoms with van der Waals surface area (Å²) in [5, 5.41) is 2.91. The van der Waals surface area contributed by atoms with E-state index in [0.29, 0.717) is 19.7 Å². The monoisotopic (exact) mass is 330 g/mol. The van der Waals surface area contributed by atoms with Gasteiger partial charge in [0, 0.05) is 26.1 Å². The second-order valence-electron chi connectivity index (χ2n) is 6.75. The zero-order valence-corrected chi connectivity index (χ0v) is 14.2. The van der Waals surface area contributed by atoms with Gasteiger partial charge in [-0.2, -0.15) is 0 Å². The van der Waals surface area contributed by atoms with E-state index in [1.807, 2.05) is 23.1 Å². The Morgan fingerprint density at radius 1 is 1.12 bits per heavy atom. The predicted octanol–water partition coefficient (Wildman–Crippen LogP) is 2.14. The van der Waals surface area contributed by atoms with Gasteiger partial charge in [-0.15, -0.1) is 0 Å². The molecule has 1 saturated carbocycles. The van der Waals surface area contributed by atoms with Gasteiger partial charge in [-0.1, -0.05) is 30.3 Å². The molecule has 1 N–H and O–H groups in total. The summed E-state index contributed by atoms with van der Waals surface area (Å²) in [5.41, 5.74) is 1.17. The van der Waals surface area contributed by atoms with Crippen LogP contribution in [0.4, 0.5) is 0 Å². The number of amides is 2. The molecule has 2 aliphatic rings. The number of methoxy groups -OCH3 is 1. The van der Waals surface area contributed by atoms with Crippen molar-refractivity contribution < 1.29 is 14.3 Å². The van der Waals surface area contributed by atoms with E-state index in [2.05, 4.69) is 17.4 Å². The summed E-state index contributed by atoms with van der Waals surface area (Å²) in [6.45, 7) is 1.55. The molecule has 0 spiro atoms. The number of carbonyl (C=O) groups is 2. The minimum Gasteiger partial charge on any atom is -0.383 e. The van der Waals surface area contributed by atoms with E-state index in [9.17, 15) is 9.59 Å². The van der Waals surface area contributed by atoms with Gasteiger partial charge < -0.3 is 15.0 Å². The Morgan fingerprint density at radius 2 is 1.83 bits per heavy atom. The fourth-order valence-electron chi connectivity index (χ4n) is 3.44. The molecule has 1 aromatic carbocycles. The Labute approximate surface area is 143 Å². The van der Waals surface area contributed by atoms with Gasteiger partial charge in [0.25, 0.3) is 0 Å². The van der Waals surface area contributed by atoms with Crippen LogP contribution in [0, 0.1) is 11.8 Å². The summed E-state index contributed by atoms with van der Waals surface area (Å²) >= 11 is 0. The summed E-state index contributed by atoms with van der Waals surface area (Å²) in [6.07, 6.45) is 3.63. The normalized spacial score (nSPS) is 23.8. The Kier molecular flexibility index (Phi) is 5.51. The lowest BCUT2D eigenvalue weighted by molar-refractivity contribution is -0.140. The third-order valence-electron chi connectivity index (χ3n) is 4.95. The Bertz CT molecular complexity index is 571. The molecule has 24 heavy (non-hydrogen) atoms. The molecule has 2 fully saturated rings. The van der Waals surface area contributed by atoms with Crippen LogP contribution in [-0.2, 0) is 14.3 Å². The summed E-state index contributed by atoms with van der Waals surface area (Å²) in [6, 6.07) is 10.3. The number of hydrogen-bond acceptors (Lipinski definition) is 3. The van der Waals surface area contributed by atoms with Gasteiger partial charge in [-0.25, -0.2) is 0 Å². The second-order valence-corrected chi connectivity index (χ2v) is 6.75. The first kappa shape index (κ1) is 17.0. The first-order valence-corrected chi connectivity index (χ1v) is 8.82. The molecular formula is C19H26N2O3. The maximum Gasteiger partial charge on any atom is 0.226 e. The number of hydrogen-bond donors (Lipinski definition) is 1. The minimum absolute atomic E-state index is 0.0344. The van der Waals surface area contributed by atoms with Crippen LogP contribution >= 0.6 is 0 Å². The highest BCUT2D eigenvalue weighted by molar-refractivity contribution is 5.84. The zero-order valence-electron chi connectivity index (χ0n) is 14.2. The molecule has 130 valence electrons. The van der Waals surface area contributed by atoms with Crippen molar-refractivity contribution in [3.63, 3.8) is 0 Å². The average molecular weight is 330 g/mol. The SMILES string of the molecule is COCCNC(=O)[C@@H]1CC[C@H](c2ccccc2)N(C(=O)C2CC2)C1. The number of nitrogens with zero attached hydrogens (tertiary/aromatic N) is 1. The third-order valence-corrected chi connectivity index (χ3v) is 4.95. The molecule has 0 unspecified atom stereocenters. The highest BCUT2D eigenvalue weighted by Gasteiger charge is 2.41. The summed E-state index contributed by atoms with van der Waals surface area (Å²) in [7, 11) is 1.62. The largest absolute Gasteiger partial charge is 0.383 e. The molecule has 1 saturated heterocycles. The zero-order chi connectivity index (χ0) is 16.9. The fourth-order valence-corrected chi connectivity index (χ4v) is 3.44. The lowest BCUT2D eigenvalue weighted by Crippen LogP contribution is -2.47. The van der Waals surface area contributed by atoms with Crippen LogP contribution < -0.4 is 5.32 Å². The van der Waals surface area contributed by atoms with Crippen molar-refractivity contribution in [3.05, 3.63) is 35.9 Å². The highest BCUT2D eigenvalue weighted by atomic mass is 16.5. The van der Waals surface area contributed by atoms with E-state index in [1.54, 1.807) is 7.11 Å². The molecule has 1 aliphatic heterocycles. The fraction of sp³-hybridized carbons (Fsp3) is 0.579. The van der Waals surface area contributed by atoms with E-state index >= 15 is 0 Å². The van der Waals surface area contributed by atoms with Crippen LogP contribution in [0.3, 0.4) is 0 Å². The molecule has 0 bridgehead atoms. The van der Waals surface area contributed by atoms with Gasteiger partial charge in [-0.05, 0) is 31.2 Å². The van der Waals surface area contributed by atoms with Crippen LogP contribution in [-0.4, -0.2) is 43.5 Å². The van der Waals surface area contributed by atoms with E-state index < -0.39 is 0 Å². The van der Waals surface area contributed by atoms with E-state index in [-0.39, 0.29) is 29.7 Å². The number of benzene rings is 1. The van der Waals surface area contributed by atoms with Crippen molar-refractivity contribution in [3.8, 4) is 0 Å². The van der Waals surface area contributed by atoms with Crippen molar-refractivity contribution in [1.82, 2.24) is 10.2 Å². The van der Waals surface area contributed by atoms with Crippen LogP contribution in [0.15, 0.2) is 30.3 Å². The first-order valence-electron chi connectivity index (χ1n) is 8.82. The number of carbonyl (C=O) groups excluding carboxylic acids is 2. The molecule has 0 aromatic heterocycles. The van der Waals surface area contributed by atoms with Crippen molar-refractivity contribution in [2.45, 2.75) is 31.7 Å². The smallest absolute Gasteiger partial charge is 0.226 e. The molecule has 5 heteroatoms. The average Bonchev–Trinajstić information content (AvgIpc) is 3.46. The van der Waals surface area contributed by atoms with Crippen LogP contribution in [0.5, 0.6) is 0 Å². The maximum atomic E-state index is 12.7. The Balaban J connectivity index is 1.69. The molecule has 1 aromatic rings. The van der Waals surface area contributed by atoms with Gasteiger partial charge in [0.2, 0.25) is 11.8 Å². The highest BCUT2D eigenvalue weighted by Crippen LogP contribution is 2.39. The first-order chi connectivity index (χ1) is 11.7. The van der Waals surface area contributed by atoms with E-state index in [4.69, 9.17) is 4.74 Å².